The molecule has 7 nitrogen and oxygen atoms in total. The number of aliphatic carboxylic acids is 1. The van der Waals surface area contributed by atoms with E-state index in [9.17, 15) is 22.8 Å². The van der Waals surface area contributed by atoms with Crippen molar-refractivity contribution in [3.05, 3.63) is 22.8 Å². The standard InChI is InChI=1S/C14H17ClF3N3O4/c1-13(7-25-2,12(23)24)21-10(22)3-4-19-11-9(15)5-8(6-20-11)14(16,17)18/h5-6H,3-4,7H2,1-2H3,(H,19,20)(H,21,22)(H,23,24). The molecule has 0 aliphatic carbocycles. The molecule has 0 aliphatic heterocycles. The molecule has 11 heteroatoms. The molecule has 0 spiro atoms. The summed E-state index contributed by atoms with van der Waals surface area (Å²) in [6.07, 6.45) is -4.09. The number of nitrogens with one attached hydrogen (secondary N) is 2. The van der Waals surface area contributed by atoms with Crippen LogP contribution in [0.3, 0.4) is 0 Å². The van der Waals surface area contributed by atoms with Gasteiger partial charge < -0.3 is 20.5 Å². The van der Waals surface area contributed by atoms with Gasteiger partial charge in [0.25, 0.3) is 0 Å². The number of halogens is 4. The maximum absolute atomic E-state index is 12.5. The Morgan fingerprint density at radius 3 is 2.52 bits per heavy atom. The van der Waals surface area contributed by atoms with Crippen LogP contribution in [-0.2, 0) is 20.5 Å². The molecule has 1 amide bonds. The van der Waals surface area contributed by atoms with E-state index in [1.807, 2.05) is 0 Å². The van der Waals surface area contributed by atoms with Crippen molar-refractivity contribution < 1.29 is 32.6 Å². The minimum Gasteiger partial charge on any atom is -0.479 e. The van der Waals surface area contributed by atoms with Crippen molar-refractivity contribution in [3.63, 3.8) is 0 Å². The number of anilines is 1. The molecule has 25 heavy (non-hydrogen) atoms. The number of ether oxygens (including phenoxy) is 1. The van der Waals surface area contributed by atoms with E-state index in [-0.39, 0.29) is 30.4 Å². The molecule has 3 N–H and O–H groups in total. The third-order valence-electron chi connectivity index (χ3n) is 3.13. The zero-order valence-corrected chi connectivity index (χ0v) is 14.2. The number of alkyl halides is 3. The van der Waals surface area contributed by atoms with Gasteiger partial charge in [-0.1, -0.05) is 11.6 Å². The van der Waals surface area contributed by atoms with Gasteiger partial charge >= 0.3 is 12.1 Å². The van der Waals surface area contributed by atoms with Crippen LogP contribution >= 0.6 is 11.6 Å². The molecular weight excluding hydrogens is 367 g/mol. The van der Waals surface area contributed by atoms with E-state index < -0.39 is 29.2 Å². The van der Waals surface area contributed by atoms with Gasteiger partial charge in [-0.2, -0.15) is 13.2 Å². The second-order valence-corrected chi connectivity index (χ2v) is 5.75. The molecule has 0 bridgehead atoms. The van der Waals surface area contributed by atoms with Crippen LogP contribution < -0.4 is 10.6 Å². The summed E-state index contributed by atoms with van der Waals surface area (Å²) < 4.78 is 42.3. The Morgan fingerprint density at radius 2 is 2.04 bits per heavy atom. The number of carbonyl (C=O) groups excluding carboxylic acids is 1. The van der Waals surface area contributed by atoms with Gasteiger partial charge in [0, 0.05) is 26.3 Å². The first-order chi connectivity index (χ1) is 11.5. The highest BCUT2D eigenvalue weighted by Gasteiger charge is 2.35. The summed E-state index contributed by atoms with van der Waals surface area (Å²) in [6.45, 7) is 1.05. The molecule has 1 aromatic rings. The van der Waals surface area contributed by atoms with E-state index in [2.05, 4.69) is 15.6 Å². The van der Waals surface area contributed by atoms with Crippen molar-refractivity contribution >= 4 is 29.3 Å². The molecule has 0 saturated heterocycles. The van der Waals surface area contributed by atoms with Crippen molar-refractivity contribution in [1.29, 1.82) is 0 Å². The minimum atomic E-state index is -4.56. The lowest BCUT2D eigenvalue weighted by molar-refractivity contribution is -0.149. The number of methoxy groups -OCH3 is 1. The smallest absolute Gasteiger partial charge is 0.417 e. The Hall–Kier alpha value is -2.07. The second kappa shape index (κ2) is 8.34. The number of carboxylic acids is 1. The molecule has 1 aromatic heterocycles. The maximum Gasteiger partial charge on any atom is 0.417 e. The number of aromatic nitrogens is 1. The lowest BCUT2D eigenvalue weighted by atomic mass is 10.0. The molecule has 140 valence electrons. The molecule has 0 saturated carbocycles. The van der Waals surface area contributed by atoms with Crippen LogP contribution in [0.15, 0.2) is 12.3 Å². The first kappa shape index (κ1) is 21.0. The topological polar surface area (TPSA) is 101 Å². The van der Waals surface area contributed by atoms with E-state index in [1.165, 1.54) is 14.0 Å². The molecule has 0 fully saturated rings. The fourth-order valence-corrected chi connectivity index (χ4v) is 2.06. The number of hydrogen-bond acceptors (Lipinski definition) is 5. The van der Waals surface area contributed by atoms with Crippen LogP contribution in [0.25, 0.3) is 0 Å². The Morgan fingerprint density at radius 1 is 1.40 bits per heavy atom. The normalized spacial score (nSPS) is 13.8. The first-order valence-electron chi connectivity index (χ1n) is 6.99. The van der Waals surface area contributed by atoms with Crippen LogP contribution in [0.1, 0.15) is 18.9 Å². The van der Waals surface area contributed by atoms with Gasteiger partial charge in [-0.3, -0.25) is 4.79 Å². The molecular formula is C14H17ClF3N3O4. The molecule has 0 radical (unpaired) electrons. The predicted octanol–water partition coefficient (Wildman–Crippen LogP) is 2.16. The molecule has 1 unspecified atom stereocenters. The van der Waals surface area contributed by atoms with Crippen LogP contribution in [0.5, 0.6) is 0 Å². The highest BCUT2D eigenvalue weighted by molar-refractivity contribution is 6.32. The summed E-state index contributed by atoms with van der Waals surface area (Å²) in [5.74, 6) is -1.86. The first-order valence-corrected chi connectivity index (χ1v) is 7.37. The van der Waals surface area contributed by atoms with Crippen LogP contribution in [0, 0.1) is 0 Å². The lowest BCUT2D eigenvalue weighted by Gasteiger charge is -2.25. The number of hydrogen-bond donors (Lipinski definition) is 3. The Labute approximate surface area is 146 Å². The SMILES string of the molecule is COCC(C)(NC(=O)CCNc1ncc(C(F)(F)F)cc1Cl)C(=O)O. The Bertz CT molecular complexity index is 642. The summed E-state index contributed by atoms with van der Waals surface area (Å²) in [5.41, 5.74) is -2.58. The molecule has 0 aromatic carbocycles. The number of nitrogens with zero attached hydrogens (tertiary/aromatic N) is 1. The van der Waals surface area contributed by atoms with Gasteiger partial charge in [-0.25, -0.2) is 9.78 Å². The highest BCUT2D eigenvalue weighted by atomic mass is 35.5. The van der Waals surface area contributed by atoms with Crippen molar-refractivity contribution in [2.45, 2.75) is 25.1 Å². The zero-order chi connectivity index (χ0) is 19.3. The van der Waals surface area contributed by atoms with E-state index in [0.29, 0.717) is 6.20 Å². The van der Waals surface area contributed by atoms with Gasteiger partial charge in [-0.05, 0) is 13.0 Å². The quantitative estimate of drug-likeness (QED) is 0.636. The highest BCUT2D eigenvalue weighted by Crippen LogP contribution is 2.32. The zero-order valence-electron chi connectivity index (χ0n) is 13.4. The van der Waals surface area contributed by atoms with Gasteiger partial charge in [0.15, 0.2) is 5.54 Å². The van der Waals surface area contributed by atoms with E-state index in [0.717, 1.165) is 6.07 Å². The fourth-order valence-electron chi connectivity index (χ4n) is 1.83. The van der Waals surface area contributed by atoms with Gasteiger partial charge in [0.2, 0.25) is 5.91 Å². The predicted molar refractivity (Wildman–Crippen MR) is 83.4 cm³/mol. The number of carbonyl (C=O) groups is 2. The minimum absolute atomic E-state index is 0.00734. The average molecular weight is 384 g/mol. The molecule has 1 heterocycles. The summed E-state index contributed by atoms with van der Waals surface area (Å²) in [7, 11) is 1.30. The fraction of sp³-hybridized carbons (Fsp3) is 0.500. The molecule has 0 aliphatic rings. The summed E-state index contributed by atoms with van der Waals surface area (Å²) in [6, 6.07) is 0.719. The lowest BCUT2D eigenvalue weighted by Crippen LogP contribution is -2.55. The maximum atomic E-state index is 12.5. The third kappa shape index (κ3) is 6.05. The Kier molecular flexibility index (Phi) is 7.00. The van der Waals surface area contributed by atoms with Gasteiger partial charge in [-0.15, -0.1) is 0 Å². The average Bonchev–Trinajstić information content (AvgIpc) is 2.47. The third-order valence-corrected chi connectivity index (χ3v) is 3.42. The monoisotopic (exact) mass is 383 g/mol. The van der Waals surface area contributed by atoms with E-state index >= 15 is 0 Å². The van der Waals surface area contributed by atoms with E-state index in [4.69, 9.17) is 21.4 Å². The van der Waals surface area contributed by atoms with Gasteiger partial charge in [0.05, 0.1) is 17.2 Å². The van der Waals surface area contributed by atoms with Crippen molar-refractivity contribution in [2.24, 2.45) is 0 Å². The summed E-state index contributed by atoms with van der Waals surface area (Å²) in [4.78, 5) is 26.6. The number of pyridine rings is 1. The summed E-state index contributed by atoms with van der Waals surface area (Å²) >= 11 is 5.72. The summed E-state index contributed by atoms with van der Waals surface area (Å²) in [5, 5.41) is 13.8. The Balaban J connectivity index is 2.60. The van der Waals surface area contributed by atoms with Crippen LogP contribution in [0.4, 0.5) is 19.0 Å². The molecule has 1 atom stereocenters. The van der Waals surface area contributed by atoms with Gasteiger partial charge in [0.1, 0.15) is 5.82 Å². The van der Waals surface area contributed by atoms with Crippen LogP contribution in [0.2, 0.25) is 5.02 Å². The van der Waals surface area contributed by atoms with Crippen molar-refractivity contribution in [1.82, 2.24) is 10.3 Å². The number of carboxylic acid groups (broad SMARTS) is 1. The second-order valence-electron chi connectivity index (χ2n) is 5.35. The van der Waals surface area contributed by atoms with Crippen molar-refractivity contribution in [3.8, 4) is 0 Å². The van der Waals surface area contributed by atoms with Crippen LogP contribution in [-0.4, -0.2) is 47.8 Å². The molecule has 1 rings (SSSR count). The van der Waals surface area contributed by atoms with E-state index in [1.54, 1.807) is 0 Å². The number of rotatable bonds is 8. The number of amides is 1. The largest absolute Gasteiger partial charge is 0.479 e. The van der Waals surface area contributed by atoms with Crippen molar-refractivity contribution in [2.75, 3.05) is 25.6 Å².